The van der Waals surface area contributed by atoms with Gasteiger partial charge in [0, 0.05) is 34.8 Å². The fraction of sp³-hybridized carbons (Fsp3) is 0.500. The van der Waals surface area contributed by atoms with Crippen molar-refractivity contribution in [3.05, 3.63) is 52.0 Å². The van der Waals surface area contributed by atoms with Gasteiger partial charge in [0.25, 0.3) is 0 Å². The maximum absolute atomic E-state index is 2.76. The van der Waals surface area contributed by atoms with E-state index in [1.165, 1.54) is 27.0 Å². The summed E-state index contributed by atoms with van der Waals surface area (Å²) in [7, 11) is 2.20. The Labute approximate surface area is 166 Å². The second-order valence-corrected chi connectivity index (χ2v) is 10.9. The van der Waals surface area contributed by atoms with Gasteiger partial charge in [-0.05, 0) is 43.4 Å². The van der Waals surface area contributed by atoms with Crippen LogP contribution < -0.4 is 4.90 Å². The third kappa shape index (κ3) is 1.65. The highest BCUT2D eigenvalue weighted by atomic mass is 32.1. The quantitative estimate of drug-likeness (QED) is 0.424. The molecule has 0 fully saturated rings. The van der Waals surface area contributed by atoms with Gasteiger partial charge in [-0.3, -0.25) is 0 Å². The smallest absolute Gasteiger partial charge is 0.0723 e. The Hall–Kier alpha value is -1.74. The normalized spacial score (nSPS) is 27.6. The number of hydrogen-bond donors (Lipinski definition) is 0. The van der Waals surface area contributed by atoms with Crippen LogP contribution in [-0.4, -0.2) is 4.57 Å². The first-order valence-electron chi connectivity index (χ1n) is 10.0. The van der Waals surface area contributed by atoms with Gasteiger partial charge in [0.15, 0.2) is 0 Å². The van der Waals surface area contributed by atoms with Crippen molar-refractivity contribution in [1.29, 1.82) is 0 Å². The lowest BCUT2D eigenvalue weighted by Gasteiger charge is -2.62. The summed E-state index contributed by atoms with van der Waals surface area (Å²) < 4.78 is 3.77. The lowest BCUT2D eigenvalue weighted by molar-refractivity contribution is 0.0658. The van der Waals surface area contributed by atoms with Crippen LogP contribution in [0, 0.1) is 12.3 Å². The molecular formula is C24H30N2S. The highest BCUT2D eigenvalue weighted by Gasteiger charge is 2.65. The summed E-state index contributed by atoms with van der Waals surface area (Å²) in [6.07, 6.45) is 2.22. The van der Waals surface area contributed by atoms with E-state index in [4.69, 9.17) is 0 Å². The molecule has 0 amide bonds. The molecule has 2 unspecified atom stereocenters. The molecule has 27 heavy (non-hydrogen) atoms. The Bertz CT molecular complexity index is 1100. The number of fused-ring (bicyclic) bond motifs is 7. The van der Waals surface area contributed by atoms with Crippen LogP contribution in [0.25, 0.3) is 10.2 Å². The van der Waals surface area contributed by atoms with Crippen LogP contribution >= 0.6 is 11.3 Å². The van der Waals surface area contributed by atoms with Gasteiger partial charge in [-0.15, -0.1) is 11.3 Å². The molecule has 5 rings (SSSR count). The SMILES string of the molecule is Cc1cccc2c1N1C(C)c3sc4ccn(C)c4c3C1(C)C(C)(C)C2(C)C. The third-order valence-corrected chi connectivity index (χ3v) is 9.72. The molecule has 1 aromatic carbocycles. The molecule has 4 heterocycles. The van der Waals surface area contributed by atoms with Crippen LogP contribution in [0.15, 0.2) is 30.5 Å². The molecule has 0 N–H and O–H groups in total. The van der Waals surface area contributed by atoms with Crippen LogP contribution in [0.2, 0.25) is 0 Å². The largest absolute Gasteiger partial charge is 0.353 e. The van der Waals surface area contributed by atoms with Gasteiger partial charge in [-0.25, -0.2) is 0 Å². The average Bonchev–Trinajstić information content (AvgIpc) is 3.20. The minimum atomic E-state index is -0.0469. The summed E-state index contributed by atoms with van der Waals surface area (Å²) in [5, 5.41) is 0. The van der Waals surface area contributed by atoms with Crippen molar-refractivity contribution in [2.75, 3.05) is 4.90 Å². The Kier molecular flexibility index (Phi) is 3.09. The van der Waals surface area contributed by atoms with E-state index in [-0.39, 0.29) is 16.4 Å². The summed E-state index contributed by atoms with van der Waals surface area (Å²) in [6, 6.07) is 9.57. The summed E-state index contributed by atoms with van der Waals surface area (Å²) >= 11 is 2.00. The molecule has 0 radical (unpaired) electrons. The number of nitrogens with zero attached hydrogens (tertiary/aromatic N) is 2. The van der Waals surface area contributed by atoms with Crippen molar-refractivity contribution in [2.45, 2.75) is 65.5 Å². The van der Waals surface area contributed by atoms with Crippen molar-refractivity contribution in [1.82, 2.24) is 4.57 Å². The molecule has 142 valence electrons. The zero-order valence-corrected chi connectivity index (χ0v) is 18.6. The number of rotatable bonds is 0. The zero-order chi connectivity index (χ0) is 19.5. The van der Waals surface area contributed by atoms with Crippen molar-refractivity contribution < 1.29 is 0 Å². The maximum Gasteiger partial charge on any atom is 0.0723 e. The van der Waals surface area contributed by atoms with Crippen LogP contribution in [-0.2, 0) is 18.0 Å². The molecule has 2 atom stereocenters. The van der Waals surface area contributed by atoms with E-state index in [0.717, 1.165) is 0 Å². The molecule has 2 aliphatic rings. The van der Waals surface area contributed by atoms with E-state index < -0.39 is 0 Å². The summed E-state index contributed by atoms with van der Waals surface area (Å²) in [5.41, 5.74) is 7.44. The average molecular weight is 379 g/mol. The van der Waals surface area contributed by atoms with Crippen molar-refractivity contribution in [3.8, 4) is 0 Å². The molecule has 0 saturated heterocycles. The van der Waals surface area contributed by atoms with Crippen LogP contribution in [0.5, 0.6) is 0 Å². The number of benzene rings is 1. The molecule has 2 aliphatic heterocycles. The second kappa shape index (κ2) is 4.81. The fourth-order valence-corrected chi connectivity index (χ4v) is 7.41. The molecule has 2 aromatic heterocycles. The molecule has 3 heteroatoms. The summed E-state index contributed by atoms with van der Waals surface area (Å²) in [5.74, 6) is 0. The molecular weight excluding hydrogens is 348 g/mol. The standard InChI is InChI=1S/C24H30N2S/c1-14-10-9-11-16-19(14)26-15(2)21-18(20-17(27-21)12-13-25(20)8)24(26,7)23(5,6)22(16,3)4/h9-13,15H,1-8H3. The topological polar surface area (TPSA) is 8.17 Å². The third-order valence-electron chi connectivity index (χ3n) is 8.41. The van der Waals surface area contributed by atoms with Gasteiger partial charge in [0.1, 0.15) is 0 Å². The predicted octanol–water partition coefficient (Wildman–Crippen LogP) is 6.66. The highest BCUT2D eigenvalue weighted by molar-refractivity contribution is 7.19. The monoisotopic (exact) mass is 378 g/mol. The van der Waals surface area contributed by atoms with E-state index in [0.29, 0.717) is 6.04 Å². The molecule has 3 aromatic rings. The Morgan fingerprint density at radius 3 is 2.44 bits per heavy atom. The van der Waals surface area contributed by atoms with Crippen LogP contribution in [0.3, 0.4) is 0 Å². The van der Waals surface area contributed by atoms with Gasteiger partial charge in [-0.1, -0.05) is 45.9 Å². The van der Waals surface area contributed by atoms with Gasteiger partial charge in [0.2, 0.25) is 0 Å². The van der Waals surface area contributed by atoms with E-state index in [1.54, 1.807) is 10.4 Å². The molecule has 0 bridgehead atoms. The van der Waals surface area contributed by atoms with Crippen molar-refractivity contribution in [3.63, 3.8) is 0 Å². The number of para-hydroxylation sites is 1. The van der Waals surface area contributed by atoms with E-state index in [2.05, 4.69) is 95.4 Å². The minimum absolute atomic E-state index is 0.0469. The lowest BCUT2D eigenvalue weighted by atomic mass is 9.51. The second-order valence-electron chi connectivity index (χ2n) is 9.82. The first kappa shape index (κ1) is 17.4. The van der Waals surface area contributed by atoms with Gasteiger partial charge in [-0.2, -0.15) is 0 Å². The number of hydrogen-bond acceptors (Lipinski definition) is 2. The Morgan fingerprint density at radius 1 is 1.04 bits per heavy atom. The van der Waals surface area contributed by atoms with Crippen LogP contribution in [0.4, 0.5) is 5.69 Å². The predicted molar refractivity (Wildman–Crippen MR) is 117 cm³/mol. The number of thiophene rings is 1. The van der Waals surface area contributed by atoms with Gasteiger partial charge in [0.05, 0.1) is 21.8 Å². The molecule has 2 nitrogen and oxygen atoms in total. The highest BCUT2D eigenvalue weighted by Crippen LogP contribution is 2.69. The van der Waals surface area contributed by atoms with Crippen molar-refractivity contribution in [2.24, 2.45) is 12.5 Å². The number of aromatic nitrogens is 1. The summed E-state index contributed by atoms with van der Waals surface area (Å²) in [6.45, 7) is 17.1. The number of anilines is 1. The van der Waals surface area contributed by atoms with Crippen molar-refractivity contribution >= 4 is 27.2 Å². The minimum Gasteiger partial charge on any atom is -0.353 e. The first-order valence-corrected chi connectivity index (χ1v) is 10.8. The van der Waals surface area contributed by atoms with Crippen LogP contribution in [0.1, 0.15) is 69.2 Å². The molecule has 0 saturated carbocycles. The van der Waals surface area contributed by atoms with Gasteiger partial charge >= 0.3 is 0 Å². The van der Waals surface area contributed by atoms with Gasteiger partial charge < -0.3 is 9.47 Å². The number of aryl methyl sites for hydroxylation is 2. The summed E-state index contributed by atoms with van der Waals surface area (Å²) in [4.78, 5) is 4.31. The maximum atomic E-state index is 2.76. The molecule has 0 spiro atoms. The Morgan fingerprint density at radius 2 is 1.74 bits per heavy atom. The molecule has 0 aliphatic carbocycles. The first-order chi connectivity index (χ1) is 12.5. The fourth-order valence-electron chi connectivity index (χ4n) is 6.02. The Balaban J connectivity index is 1.96. The van der Waals surface area contributed by atoms with E-state index >= 15 is 0 Å². The van der Waals surface area contributed by atoms with E-state index in [9.17, 15) is 0 Å². The van der Waals surface area contributed by atoms with E-state index in [1.807, 2.05) is 11.3 Å². The lowest BCUT2D eigenvalue weighted by Crippen LogP contribution is -2.62. The zero-order valence-electron chi connectivity index (χ0n) is 17.8.